The fourth-order valence-electron chi connectivity index (χ4n) is 2.40. The van der Waals surface area contributed by atoms with Crippen LogP contribution in [-0.2, 0) is 17.5 Å². The van der Waals surface area contributed by atoms with Gasteiger partial charge in [-0.05, 0) is 17.7 Å². The van der Waals surface area contributed by atoms with E-state index >= 15 is 0 Å². The van der Waals surface area contributed by atoms with E-state index in [1.54, 1.807) is 0 Å². The Hall–Kier alpha value is -1.32. The van der Waals surface area contributed by atoms with Gasteiger partial charge in [0.15, 0.2) is 0 Å². The van der Waals surface area contributed by atoms with Crippen LogP contribution in [0.25, 0.3) is 0 Å². The highest BCUT2D eigenvalue weighted by Gasteiger charge is 2.32. The SMILES string of the molecule is FC(F)(F)OCC1CN(Cc2ccc(C(F)(F)F)cc2)CCN1. The number of nitrogens with one attached hydrogen (secondary N) is 1. The normalized spacial score (nSPS) is 20.7. The fourth-order valence-corrected chi connectivity index (χ4v) is 2.40. The van der Waals surface area contributed by atoms with E-state index in [1.165, 1.54) is 12.1 Å². The molecule has 3 nitrogen and oxygen atoms in total. The van der Waals surface area contributed by atoms with Gasteiger partial charge < -0.3 is 5.32 Å². The van der Waals surface area contributed by atoms with Crippen molar-refractivity contribution in [3.63, 3.8) is 0 Å². The molecule has 1 fully saturated rings. The third kappa shape index (κ3) is 6.00. The highest BCUT2D eigenvalue weighted by molar-refractivity contribution is 5.24. The number of ether oxygens (including phenoxy) is 1. The summed E-state index contributed by atoms with van der Waals surface area (Å²) in [7, 11) is 0. The smallest absolute Gasteiger partial charge is 0.309 e. The van der Waals surface area contributed by atoms with Crippen LogP contribution in [0.2, 0.25) is 0 Å². The van der Waals surface area contributed by atoms with Crippen molar-refractivity contribution in [2.45, 2.75) is 25.1 Å². The maximum atomic E-state index is 12.5. The second-order valence-electron chi connectivity index (χ2n) is 5.34. The second-order valence-corrected chi connectivity index (χ2v) is 5.34. The third-order valence-corrected chi connectivity index (χ3v) is 3.48. The predicted molar refractivity (Wildman–Crippen MR) is 70.5 cm³/mol. The summed E-state index contributed by atoms with van der Waals surface area (Å²) >= 11 is 0. The third-order valence-electron chi connectivity index (χ3n) is 3.48. The average molecular weight is 342 g/mol. The van der Waals surface area contributed by atoms with Gasteiger partial charge in [0, 0.05) is 32.2 Å². The highest BCUT2D eigenvalue weighted by Crippen LogP contribution is 2.29. The zero-order chi connectivity index (χ0) is 17.1. The summed E-state index contributed by atoms with van der Waals surface area (Å²) in [5.74, 6) is 0. The number of benzene rings is 1. The molecular weight excluding hydrogens is 326 g/mol. The van der Waals surface area contributed by atoms with Gasteiger partial charge in [0.25, 0.3) is 0 Å². The molecule has 1 saturated heterocycles. The van der Waals surface area contributed by atoms with Gasteiger partial charge >= 0.3 is 12.5 Å². The number of nitrogens with zero attached hydrogens (tertiary/aromatic N) is 1. The average Bonchev–Trinajstić information content (AvgIpc) is 2.44. The summed E-state index contributed by atoms with van der Waals surface area (Å²) in [5.41, 5.74) is -0.0478. The van der Waals surface area contributed by atoms with Crippen LogP contribution in [0.15, 0.2) is 24.3 Å². The molecule has 2 rings (SSSR count). The molecule has 1 aromatic carbocycles. The van der Waals surface area contributed by atoms with Crippen molar-refractivity contribution in [2.24, 2.45) is 0 Å². The first kappa shape index (κ1) is 18.0. The van der Waals surface area contributed by atoms with E-state index in [1.807, 2.05) is 4.90 Å². The fraction of sp³-hybridized carbons (Fsp3) is 0.571. The standard InChI is InChI=1S/C14H16F6N2O/c15-13(16,17)11-3-1-10(2-4-11)7-22-6-5-21-12(8-22)9-23-14(18,19)20/h1-4,12,21H,5-9H2. The van der Waals surface area contributed by atoms with Crippen LogP contribution >= 0.6 is 0 Å². The zero-order valence-corrected chi connectivity index (χ0v) is 12.0. The van der Waals surface area contributed by atoms with E-state index in [0.717, 1.165) is 12.1 Å². The molecule has 1 unspecified atom stereocenters. The van der Waals surface area contributed by atoms with E-state index in [4.69, 9.17) is 0 Å². The van der Waals surface area contributed by atoms with Gasteiger partial charge in [-0.1, -0.05) is 12.1 Å². The van der Waals surface area contributed by atoms with E-state index in [9.17, 15) is 26.3 Å². The van der Waals surface area contributed by atoms with Crippen LogP contribution in [0.5, 0.6) is 0 Å². The molecule has 1 atom stereocenters. The molecule has 1 aliphatic heterocycles. The van der Waals surface area contributed by atoms with Crippen LogP contribution in [0.4, 0.5) is 26.3 Å². The number of rotatable bonds is 4. The quantitative estimate of drug-likeness (QED) is 0.852. The molecule has 0 aliphatic carbocycles. The van der Waals surface area contributed by atoms with E-state index in [-0.39, 0.29) is 0 Å². The van der Waals surface area contributed by atoms with Crippen molar-refractivity contribution >= 4 is 0 Å². The summed E-state index contributed by atoms with van der Waals surface area (Å²) < 4.78 is 77.4. The topological polar surface area (TPSA) is 24.5 Å². The number of alkyl halides is 6. The van der Waals surface area contributed by atoms with Crippen molar-refractivity contribution < 1.29 is 31.1 Å². The molecule has 1 heterocycles. The lowest BCUT2D eigenvalue weighted by molar-refractivity contribution is -0.326. The molecule has 0 radical (unpaired) electrons. The van der Waals surface area contributed by atoms with E-state index in [2.05, 4.69) is 10.1 Å². The van der Waals surface area contributed by atoms with Crippen molar-refractivity contribution in [1.29, 1.82) is 0 Å². The Kier molecular flexibility index (Phi) is 5.53. The van der Waals surface area contributed by atoms with E-state index in [0.29, 0.717) is 31.7 Å². The summed E-state index contributed by atoms with van der Waals surface area (Å²) in [6.07, 6.45) is -9.05. The Balaban J connectivity index is 1.87. The minimum absolute atomic E-state index is 0.330. The molecule has 9 heteroatoms. The minimum Gasteiger partial charge on any atom is -0.309 e. The molecule has 1 N–H and O–H groups in total. The Bertz CT molecular complexity index is 499. The predicted octanol–water partition coefficient (Wildman–Crippen LogP) is 3.02. The molecular formula is C14H16F6N2O. The Morgan fingerprint density at radius 1 is 1.09 bits per heavy atom. The van der Waals surface area contributed by atoms with Gasteiger partial charge in [-0.2, -0.15) is 13.2 Å². The number of hydrogen-bond acceptors (Lipinski definition) is 3. The van der Waals surface area contributed by atoms with Gasteiger partial charge in [-0.15, -0.1) is 13.2 Å². The van der Waals surface area contributed by atoms with Crippen molar-refractivity contribution in [3.05, 3.63) is 35.4 Å². The molecule has 0 spiro atoms. The first-order valence-electron chi connectivity index (χ1n) is 6.96. The van der Waals surface area contributed by atoms with Crippen LogP contribution in [0, 0.1) is 0 Å². The minimum atomic E-state index is -4.67. The molecule has 1 aliphatic rings. The van der Waals surface area contributed by atoms with Crippen LogP contribution in [-0.4, -0.2) is 43.5 Å². The lowest BCUT2D eigenvalue weighted by Gasteiger charge is -2.33. The Morgan fingerprint density at radius 3 is 2.30 bits per heavy atom. The molecule has 130 valence electrons. The molecule has 0 saturated carbocycles. The molecule has 0 bridgehead atoms. The molecule has 1 aromatic rings. The highest BCUT2D eigenvalue weighted by atomic mass is 19.4. The second kappa shape index (κ2) is 7.06. The van der Waals surface area contributed by atoms with Gasteiger partial charge in [0.05, 0.1) is 12.2 Å². The van der Waals surface area contributed by atoms with Crippen molar-refractivity contribution in [3.8, 4) is 0 Å². The molecule has 23 heavy (non-hydrogen) atoms. The lowest BCUT2D eigenvalue weighted by atomic mass is 10.1. The summed E-state index contributed by atoms with van der Waals surface area (Å²) in [6.45, 7) is 1.31. The molecule has 0 amide bonds. The zero-order valence-electron chi connectivity index (χ0n) is 12.0. The maximum Gasteiger partial charge on any atom is 0.522 e. The Morgan fingerprint density at radius 2 is 1.74 bits per heavy atom. The van der Waals surface area contributed by atoms with Crippen molar-refractivity contribution in [2.75, 3.05) is 26.2 Å². The summed E-state index contributed by atoms with van der Waals surface area (Å²) in [5, 5.41) is 2.92. The largest absolute Gasteiger partial charge is 0.522 e. The van der Waals surface area contributed by atoms with Gasteiger partial charge in [-0.25, -0.2) is 0 Å². The summed E-state index contributed by atoms with van der Waals surface area (Å²) in [6, 6.07) is 4.29. The van der Waals surface area contributed by atoms with Crippen LogP contribution in [0.1, 0.15) is 11.1 Å². The lowest BCUT2D eigenvalue weighted by Crippen LogP contribution is -2.52. The maximum absolute atomic E-state index is 12.5. The molecule has 0 aromatic heterocycles. The van der Waals surface area contributed by atoms with Gasteiger partial charge in [0.1, 0.15) is 0 Å². The van der Waals surface area contributed by atoms with Crippen LogP contribution in [0.3, 0.4) is 0 Å². The Labute approximate surface area is 129 Å². The summed E-state index contributed by atoms with van der Waals surface area (Å²) in [4.78, 5) is 1.88. The van der Waals surface area contributed by atoms with Gasteiger partial charge in [-0.3, -0.25) is 9.64 Å². The van der Waals surface area contributed by atoms with Crippen molar-refractivity contribution in [1.82, 2.24) is 10.2 Å². The first-order chi connectivity index (χ1) is 10.6. The van der Waals surface area contributed by atoms with Crippen LogP contribution < -0.4 is 5.32 Å². The first-order valence-corrected chi connectivity index (χ1v) is 6.96. The number of hydrogen-bond donors (Lipinski definition) is 1. The van der Waals surface area contributed by atoms with E-state index < -0.39 is 30.8 Å². The number of piperazine rings is 1. The number of halogens is 6. The monoisotopic (exact) mass is 342 g/mol. The van der Waals surface area contributed by atoms with Gasteiger partial charge in [0.2, 0.25) is 0 Å².